The average molecular weight is 342 g/mol. The zero-order valence-electron chi connectivity index (χ0n) is 12.9. The van der Waals surface area contributed by atoms with Crippen LogP contribution >= 0.6 is 11.8 Å². The molecule has 0 heterocycles. The van der Waals surface area contributed by atoms with Crippen molar-refractivity contribution in [3.63, 3.8) is 0 Å². The molecule has 0 aromatic heterocycles. The van der Waals surface area contributed by atoms with Crippen LogP contribution in [0.25, 0.3) is 0 Å². The minimum atomic E-state index is -3.28. The number of carbonyl (C=O) groups is 1. The predicted octanol–water partition coefficient (Wildman–Crippen LogP) is 3.56. The monoisotopic (exact) mass is 342 g/mol. The van der Waals surface area contributed by atoms with E-state index in [0.717, 1.165) is 23.3 Å². The van der Waals surface area contributed by atoms with E-state index in [2.05, 4.69) is 0 Å². The van der Waals surface area contributed by atoms with Crippen LogP contribution in [0.15, 0.2) is 28.0 Å². The van der Waals surface area contributed by atoms with Crippen molar-refractivity contribution in [3.05, 3.63) is 23.8 Å². The van der Waals surface area contributed by atoms with E-state index < -0.39 is 21.7 Å². The van der Waals surface area contributed by atoms with Crippen molar-refractivity contribution in [2.45, 2.75) is 47.8 Å². The highest BCUT2D eigenvalue weighted by molar-refractivity contribution is 7.98. The van der Waals surface area contributed by atoms with Crippen molar-refractivity contribution in [2.24, 2.45) is 5.92 Å². The molecule has 1 unspecified atom stereocenters. The van der Waals surface area contributed by atoms with Crippen LogP contribution in [0.1, 0.15) is 43.6 Å². The van der Waals surface area contributed by atoms with Gasteiger partial charge in [-0.05, 0) is 36.3 Å². The van der Waals surface area contributed by atoms with Crippen LogP contribution in [-0.4, -0.2) is 32.0 Å². The molecule has 1 aliphatic carbocycles. The third-order valence-corrected chi connectivity index (χ3v) is 6.25. The Bertz CT molecular complexity index is 646. The quantitative estimate of drug-likeness (QED) is 0.800. The number of sulfone groups is 1. The van der Waals surface area contributed by atoms with Gasteiger partial charge in [-0.1, -0.05) is 31.7 Å². The van der Waals surface area contributed by atoms with E-state index >= 15 is 0 Å². The van der Waals surface area contributed by atoms with Crippen molar-refractivity contribution < 1.29 is 18.3 Å². The topological polar surface area (TPSA) is 71.4 Å². The third kappa shape index (κ3) is 4.04. The highest BCUT2D eigenvalue weighted by Gasteiger charge is 2.28. The van der Waals surface area contributed by atoms with Gasteiger partial charge >= 0.3 is 5.97 Å². The fourth-order valence-corrected chi connectivity index (χ4v) is 4.56. The van der Waals surface area contributed by atoms with Gasteiger partial charge in [0.15, 0.2) is 9.84 Å². The van der Waals surface area contributed by atoms with Crippen LogP contribution in [-0.2, 0) is 14.6 Å². The molecule has 0 spiro atoms. The van der Waals surface area contributed by atoms with Gasteiger partial charge in [0.05, 0.1) is 10.8 Å². The molecule has 1 N–H and O–H groups in total. The molecule has 0 radical (unpaired) electrons. The fourth-order valence-electron chi connectivity index (χ4n) is 3.15. The first kappa shape index (κ1) is 17.3. The lowest BCUT2D eigenvalue weighted by molar-refractivity contribution is -0.139. The van der Waals surface area contributed by atoms with E-state index in [1.807, 2.05) is 6.26 Å². The second kappa shape index (κ2) is 7.04. The molecule has 0 amide bonds. The standard InChI is InChI=1S/C16H22O4S2/c1-21-15-10-12(22(2,19)20)7-8-13(15)14(16(17)18)9-11-5-3-4-6-11/h7-8,10-11,14H,3-6,9H2,1-2H3,(H,17,18). The Hall–Kier alpha value is -1.01. The van der Waals surface area contributed by atoms with Gasteiger partial charge in [0.25, 0.3) is 0 Å². The highest BCUT2D eigenvalue weighted by atomic mass is 32.2. The summed E-state index contributed by atoms with van der Waals surface area (Å²) in [7, 11) is -3.28. The Kier molecular flexibility index (Phi) is 5.55. The smallest absolute Gasteiger partial charge is 0.311 e. The summed E-state index contributed by atoms with van der Waals surface area (Å²) in [5.74, 6) is -0.918. The van der Waals surface area contributed by atoms with Gasteiger partial charge in [0.1, 0.15) is 0 Å². The molecule has 1 aromatic carbocycles. The Morgan fingerprint density at radius 3 is 2.50 bits per heavy atom. The molecule has 1 aromatic rings. The molecule has 122 valence electrons. The molecule has 0 saturated heterocycles. The van der Waals surface area contributed by atoms with Gasteiger partial charge in [-0.2, -0.15) is 0 Å². The second-order valence-electron chi connectivity index (χ2n) is 5.95. The summed E-state index contributed by atoms with van der Waals surface area (Å²) in [4.78, 5) is 12.7. The van der Waals surface area contributed by atoms with Crippen LogP contribution in [0.5, 0.6) is 0 Å². The van der Waals surface area contributed by atoms with Gasteiger partial charge in [0.2, 0.25) is 0 Å². The molecule has 0 bridgehead atoms. The average Bonchev–Trinajstić information content (AvgIpc) is 2.96. The van der Waals surface area contributed by atoms with Gasteiger partial charge in [-0.15, -0.1) is 11.8 Å². The first-order chi connectivity index (χ1) is 10.3. The summed E-state index contributed by atoms with van der Waals surface area (Å²) >= 11 is 1.40. The van der Waals surface area contributed by atoms with Gasteiger partial charge in [0, 0.05) is 11.2 Å². The minimum Gasteiger partial charge on any atom is -0.481 e. The van der Waals surface area contributed by atoms with Crippen molar-refractivity contribution in [1.82, 2.24) is 0 Å². The maximum absolute atomic E-state index is 11.7. The number of benzene rings is 1. The number of carboxylic acids is 1. The third-order valence-electron chi connectivity index (χ3n) is 4.35. The van der Waals surface area contributed by atoms with E-state index in [0.29, 0.717) is 12.3 Å². The van der Waals surface area contributed by atoms with E-state index in [-0.39, 0.29) is 4.90 Å². The number of hydrogen-bond acceptors (Lipinski definition) is 4. The van der Waals surface area contributed by atoms with Crippen LogP contribution in [0.2, 0.25) is 0 Å². The molecule has 0 aliphatic heterocycles. The summed E-state index contributed by atoms with van der Waals surface area (Å²) < 4.78 is 23.3. The molecular weight excluding hydrogens is 320 g/mol. The van der Waals surface area contributed by atoms with Crippen LogP contribution < -0.4 is 0 Å². The van der Waals surface area contributed by atoms with Gasteiger partial charge in [-0.3, -0.25) is 4.79 Å². The minimum absolute atomic E-state index is 0.241. The van der Waals surface area contributed by atoms with E-state index in [9.17, 15) is 18.3 Å². The summed E-state index contributed by atoms with van der Waals surface area (Å²) in [6, 6.07) is 4.80. The lowest BCUT2D eigenvalue weighted by atomic mass is 9.88. The Labute approximate surface area is 136 Å². The summed E-state index contributed by atoms with van der Waals surface area (Å²) in [6.45, 7) is 0. The van der Waals surface area contributed by atoms with Crippen molar-refractivity contribution in [1.29, 1.82) is 0 Å². The van der Waals surface area contributed by atoms with E-state index in [1.165, 1.54) is 36.9 Å². The van der Waals surface area contributed by atoms with Crippen LogP contribution in [0, 0.1) is 5.92 Å². The maximum atomic E-state index is 11.7. The first-order valence-electron chi connectivity index (χ1n) is 7.43. The Balaban J connectivity index is 2.36. The first-order valence-corrected chi connectivity index (χ1v) is 10.6. The predicted molar refractivity (Wildman–Crippen MR) is 88.3 cm³/mol. The second-order valence-corrected chi connectivity index (χ2v) is 8.82. The normalized spacial score (nSPS) is 17.5. The van der Waals surface area contributed by atoms with Crippen molar-refractivity contribution in [2.75, 3.05) is 12.5 Å². The number of thioether (sulfide) groups is 1. The molecular formula is C16H22O4S2. The summed E-state index contributed by atoms with van der Waals surface area (Å²) in [6.07, 6.45) is 8.21. The number of aliphatic carboxylic acids is 1. The van der Waals surface area contributed by atoms with E-state index in [1.54, 1.807) is 12.1 Å². The van der Waals surface area contributed by atoms with Crippen LogP contribution in [0.4, 0.5) is 0 Å². The zero-order valence-corrected chi connectivity index (χ0v) is 14.5. The summed E-state index contributed by atoms with van der Waals surface area (Å²) in [5, 5.41) is 9.61. The molecule has 2 rings (SSSR count). The number of hydrogen-bond donors (Lipinski definition) is 1. The highest BCUT2D eigenvalue weighted by Crippen LogP contribution is 2.38. The van der Waals surface area contributed by atoms with Gasteiger partial charge < -0.3 is 5.11 Å². The Morgan fingerprint density at radius 2 is 2.00 bits per heavy atom. The molecule has 22 heavy (non-hydrogen) atoms. The van der Waals surface area contributed by atoms with Crippen LogP contribution in [0.3, 0.4) is 0 Å². The lowest BCUT2D eigenvalue weighted by Crippen LogP contribution is -2.16. The molecule has 4 nitrogen and oxygen atoms in total. The van der Waals surface area contributed by atoms with Crippen molar-refractivity contribution in [3.8, 4) is 0 Å². The zero-order chi connectivity index (χ0) is 16.3. The summed E-state index contributed by atoms with van der Waals surface area (Å²) in [5.41, 5.74) is 0.735. The lowest BCUT2D eigenvalue weighted by Gasteiger charge is -2.20. The Morgan fingerprint density at radius 1 is 1.36 bits per heavy atom. The number of rotatable bonds is 6. The number of carboxylic acid groups (broad SMARTS) is 1. The largest absolute Gasteiger partial charge is 0.481 e. The van der Waals surface area contributed by atoms with Gasteiger partial charge in [-0.25, -0.2) is 8.42 Å². The SMILES string of the molecule is CSc1cc(S(C)(=O)=O)ccc1C(CC1CCCC1)C(=O)O. The molecule has 1 saturated carbocycles. The fraction of sp³-hybridized carbons (Fsp3) is 0.562. The molecule has 6 heteroatoms. The molecule has 1 atom stereocenters. The van der Waals surface area contributed by atoms with E-state index in [4.69, 9.17) is 0 Å². The molecule has 1 aliphatic rings. The van der Waals surface area contributed by atoms with Crippen molar-refractivity contribution >= 4 is 27.6 Å². The maximum Gasteiger partial charge on any atom is 0.311 e. The molecule has 1 fully saturated rings.